The molecule has 1 aromatic heterocycles. The predicted octanol–water partition coefficient (Wildman–Crippen LogP) is 3.11. The maximum Gasteiger partial charge on any atom is 0.251 e. The van der Waals surface area contributed by atoms with Gasteiger partial charge in [-0.3, -0.25) is 4.79 Å². The normalized spacial score (nSPS) is 11.2. The van der Waals surface area contributed by atoms with Crippen molar-refractivity contribution in [2.45, 2.75) is 0 Å². The molecule has 0 saturated carbocycles. The predicted molar refractivity (Wildman–Crippen MR) is 105 cm³/mol. The molecule has 130 valence electrons. The Balaban J connectivity index is 1.86. The maximum absolute atomic E-state index is 12.2. The van der Waals surface area contributed by atoms with Gasteiger partial charge in [0.25, 0.3) is 5.91 Å². The van der Waals surface area contributed by atoms with Gasteiger partial charge in [-0.2, -0.15) is 0 Å². The number of carbonyl (C=O) groups excluding carboxylic acids is 1. The molecule has 0 aliphatic rings. The molecular weight excluding hydrogens is 324 g/mol. The van der Waals surface area contributed by atoms with Gasteiger partial charge in [0, 0.05) is 12.1 Å². The first-order valence-electron chi connectivity index (χ1n) is 8.26. The minimum atomic E-state index is -0.122. The van der Waals surface area contributed by atoms with Crippen molar-refractivity contribution in [1.82, 2.24) is 10.3 Å². The van der Waals surface area contributed by atoms with E-state index in [0.29, 0.717) is 23.7 Å². The number of carbonyl (C=O) groups is 1. The van der Waals surface area contributed by atoms with Gasteiger partial charge < -0.3 is 16.8 Å². The Bertz CT molecular complexity index is 901. The summed E-state index contributed by atoms with van der Waals surface area (Å²) in [7, 11) is 0. The molecule has 0 bridgehead atoms. The molecule has 3 rings (SSSR count). The van der Waals surface area contributed by atoms with Gasteiger partial charge in [0.05, 0.1) is 0 Å². The van der Waals surface area contributed by atoms with Gasteiger partial charge in [-0.15, -0.1) is 0 Å². The van der Waals surface area contributed by atoms with Gasteiger partial charge in [0.1, 0.15) is 11.6 Å². The molecule has 0 aliphatic carbocycles. The van der Waals surface area contributed by atoms with E-state index in [1.165, 1.54) is 0 Å². The first-order valence-corrected chi connectivity index (χ1v) is 8.26. The second-order valence-corrected chi connectivity index (χ2v) is 5.77. The lowest BCUT2D eigenvalue weighted by Gasteiger charge is -2.11. The molecular formula is C21H20N4O. The highest BCUT2D eigenvalue weighted by atomic mass is 16.1. The minimum absolute atomic E-state index is 0.122. The Morgan fingerprint density at radius 3 is 1.96 bits per heavy atom. The third-order valence-corrected chi connectivity index (χ3v) is 3.87. The van der Waals surface area contributed by atoms with Crippen LogP contribution >= 0.6 is 0 Å². The monoisotopic (exact) mass is 344 g/mol. The molecule has 0 fully saturated rings. The lowest BCUT2D eigenvalue weighted by Crippen LogP contribution is -2.23. The van der Waals surface area contributed by atoms with E-state index in [-0.39, 0.29) is 5.91 Å². The van der Waals surface area contributed by atoms with Crippen LogP contribution in [0.5, 0.6) is 0 Å². The summed E-state index contributed by atoms with van der Waals surface area (Å²) in [5.41, 5.74) is 15.1. The fraction of sp³-hybridized carbons (Fsp3) is 0.0476. The molecule has 0 unspecified atom stereocenters. The van der Waals surface area contributed by atoms with Crippen LogP contribution in [0, 0.1) is 0 Å². The Morgan fingerprint density at radius 1 is 0.846 bits per heavy atom. The number of nitrogen functional groups attached to an aromatic ring is 2. The molecule has 5 nitrogen and oxygen atoms in total. The quantitative estimate of drug-likeness (QED) is 0.663. The molecule has 1 heterocycles. The summed E-state index contributed by atoms with van der Waals surface area (Å²) in [5.74, 6) is 0.591. The minimum Gasteiger partial charge on any atom is -0.384 e. The Labute approximate surface area is 152 Å². The number of hydrogen-bond donors (Lipinski definition) is 3. The highest BCUT2D eigenvalue weighted by Gasteiger charge is 2.08. The number of pyridine rings is 1. The number of amides is 1. The Kier molecular flexibility index (Phi) is 5.29. The van der Waals surface area contributed by atoms with Gasteiger partial charge in [0.15, 0.2) is 0 Å². The van der Waals surface area contributed by atoms with Crippen LogP contribution in [0.25, 0.3) is 5.57 Å². The van der Waals surface area contributed by atoms with Crippen LogP contribution in [0.2, 0.25) is 0 Å². The van der Waals surface area contributed by atoms with Crippen molar-refractivity contribution in [3.05, 3.63) is 95.6 Å². The van der Waals surface area contributed by atoms with Crippen LogP contribution in [0.4, 0.5) is 11.6 Å². The molecule has 5 heteroatoms. The second kappa shape index (κ2) is 7.98. The summed E-state index contributed by atoms with van der Waals surface area (Å²) in [5, 5.41) is 2.90. The van der Waals surface area contributed by atoms with Gasteiger partial charge >= 0.3 is 0 Å². The fourth-order valence-corrected chi connectivity index (χ4v) is 2.69. The van der Waals surface area contributed by atoms with Crippen molar-refractivity contribution in [2.24, 2.45) is 0 Å². The molecule has 0 saturated heterocycles. The van der Waals surface area contributed by atoms with E-state index in [4.69, 9.17) is 11.5 Å². The molecule has 0 radical (unpaired) electrons. The van der Waals surface area contributed by atoms with Crippen LogP contribution in [0.3, 0.4) is 0 Å². The van der Waals surface area contributed by atoms with E-state index in [0.717, 1.165) is 16.7 Å². The number of anilines is 2. The van der Waals surface area contributed by atoms with E-state index >= 15 is 0 Å². The number of benzene rings is 2. The number of nitrogens with one attached hydrogen (secondary N) is 1. The third-order valence-electron chi connectivity index (χ3n) is 3.87. The third kappa shape index (κ3) is 4.27. The summed E-state index contributed by atoms with van der Waals surface area (Å²) >= 11 is 0. The van der Waals surface area contributed by atoms with Gasteiger partial charge in [0.2, 0.25) is 0 Å². The van der Waals surface area contributed by atoms with Crippen LogP contribution in [-0.2, 0) is 0 Å². The smallest absolute Gasteiger partial charge is 0.251 e. The summed E-state index contributed by atoms with van der Waals surface area (Å²) in [6.07, 6.45) is 1.95. The molecule has 3 aromatic rings. The van der Waals surface area contributed by atoms with Crippen molar-refractivity contribution in [3.8, 4) is 0 Å². The van der Waals surface area contributed by atoms with Crippen molar-refractivity contribution in [1.29, 1.82) is 0 Å². The van der Waals surface area contributed by atoms with Crippen LogP contribution in [0.15, 0.2) is 78.9 Å². The molecule has 1 amide bonds. The summed E-state index contributed by atoms with van der Waals surface area (Å²) in [6, 6.07) is 22.5. The molecule has 0 atom stereocenters. The summed E-state index contributed by atoms with van der Waals surface area (Å²) in [6.45, 7) is 0.375. The van der Waals surface area contributed by atoms with E-state index in [2.05, 4.69) is 10.3 Å². The zero-order valence-electron chi connectivity index (χ0n) is 14.2. The average Bonchev–Trinajstić information content (AvgIpc) is 2.65. The molecule has 2 aromatic carbocycles. The summed E-state index contributed by atoms with van der Waals surface area (Å²) in [4.78, 5) is 16.2. The van der Waals surface area contributed by atoms with Crippen LogP contribution < -0.4 is 16.8 Å². The summed E-state index contributed by atoms with van der Waals surface area (Å²) < 4.78 is 0. The maximum atomic E-state index is 12.2. The van der Waals surface area contributed by atoms with Crippen molar-refractivity contribution in [3.63, 3.8) is 0 Å². The number of aromatic nitrogens is 1. The number of hydrogen-bond acceptors (Lipinski definition) is 4. The zero-order chi connectivity index (χ0) is 18.4. The first-order chi connectivity index (χ1) is 12.6. The number of nitrogens with zero attached hydrogens (tertiary/aromatic N) is 1. The van der Waals surface area contributed by atoms with Crippen molar-refractivity contribution in [2.75, 3.05) is 18.0 Å². The topological polar surface area (TPSA) is 94.0 Å². The van der Waals surface area contributed by atoms with Gasteiger partial charge in [-0.05, 0) is 41.0 Å². The standard InChI is InChI=1S/C21H20N4O/c22-19-13-17(14-20(23)25-19)18(15-7-3-1-4-8-15)11-12-24-21(26)16-9-5-2-6-10-16/h1-11,13-14H,12H2,(H,24,26)(H4,22,23,25). The highest BCUT2D eigenvalue weighted by molar-refractivity contribution is 5.94. The molecule has 0 aliphatic heterocycles. The first kappa shape index (κ1) is 17.2. The fourth-order valence-electron chi connectivity index (χ4n) is 2.69. The lowest BCUT2D eigenvalue weighted by molar-refractivity contribution is 0.0958. The van der Waals surface area contributed by atoms with Gasteiger partial charge in [-0.25, -0.2) is 4.98 Å². The van der Waals surface area contributed by atoms with Crippen LogP contribution in [-0.4, -0.2) is 17.4 Å². The largest absolute Gasteiger partial charge is 0.384 e. The van der Waals surface area contributed by atoms with Crippen LogP contribution in [0.1, 0.15) is 21.5 Å². The molecule has 0 spiro atoms. The molecule has 5 N–H and O–H groups in total. The van der Waals surface area contributed by atoms with E-state index in [1.54, 1.807) is 24.3 Å². The lowest BCUT2D eigenvalue weighted by atomic mass is 9.98. The number of nitrogens with two attached hydrogens (primary N) is 2. The molecule has 26 heavy (non-hydrogen) atoms. The highest BCUT2D eigenvalue weighted by Crippen LogP contribution is 2.25. The SMILES string of the molecule is Nc1cc(C(=CCNC(=O)c2ccccc2)c2ccccc2)cc(N)n1. The van der Waals surface area contributed by atoms with Gasteiger partial charge in [-0.1, -0.05) is 54.6 Å². The second-order valence-electron chi connectivity index (χ2n) is 5.77. The van der Waals surface area contributed by atoms with E-state index in [9.17, 15) is 4.79 Å². The Morgan fingerprint density at radius 2 is 1.38 bits per heavy atom. The van der Waals surface area contributed by atoms with Crippen molar-refractivity contribution < 1.29 is 4.79 Å². The van der Waals surface area contributed by atoms with E-state index < -0.39 is 0 Å². The van der Waals surface area contributed by atoms with E-state index in [1.807, 2.05) is 54.6 Å². The number of rotatable bonds is 5. The average molecular weight is 344 g/mol. The Hall–Kier alpha value is -3.60. The van der Waals surface area contributed by atoms with Crippen molar-refractivity contribution >= 4 is 23.1 Å². The zero-order valence-corrected chi connectivity index (χ0v) is 14.2.